The Labute approximate surface area is 152 Å². The van der Waals surface area contributed by atoms with Crippen LogP contribution in [0.4, 0.5) is 0 Å². The van der Waals surface area contributed by atoms with Gasteiger partial charge in [0.25, 0.3) is 0 Å². The molecule has 2 heteroatoms. The third kappa shape index (κ3) is 3.58. The lowest BCUT2D eigenvalue weighted by molar-refractivity contribution is -0.126. The fraction of sp³-hybridized carbons (Fsp3) is 0.435. The van der Waals surface area contributed by atoms with Crippen molar-refractivity contribution in [3.05, 3.63) is 60.7 Å². The van der Waals surface area contributed by atoms with E-state index < -0.39 is 7.92 Å². The van der Waals surface area contributed by atoms with Gasteiger partial charge in [-0.1, -0.05) is 79.9 Å². The molecule has 0 heterocycles. The summed E-state index contributed by atoms with van der Waals surface area (Å²) in [4.78, 5) is 13.2. The zero-order valence-electron chi connectivity index (χ0n) is 14.8. The average Bonchev–Trinajstić information content (AvgIpc) is 3.36. The summed E-state index contributed by atoms with van der Waals surface area (Å²) < 4.78 is 0. The molecule has 1 nitrogen and oxygen atoms in total. The first-order valence-corrected chi connectivity index (χ1v) is 11.2. The Hall–Kier alpha value is -1.46. The first-order valence-electron chi connectivity index (χ1n) is 9.77. The second-order valence-electron chi connectivity index (χ2n) is 7.53. The highest BCUT2D eigenvalue weighted by atomic mass is 31.1. The van der Waals surface area contributed by atoms with Gasteiger partial charge >= 0.3 is 0 Å². The molecular formula is C23H27OP. The van der Waals surface area contributed by atoms with Crippen molar-refractivity contribution in [3.63, 3.8) is 0 Å². The maximum atomic E-state index is 13.2. The average molecular weight is 350 g/mol. The fourth-order valence-corrected chi connectivity index (χ4v) is 7.95. The Morgan fingerprint density at radius 2 is 1.28 bits per heavy atom. The molecule has 0 saturated heterocycles. The normalized spacial score (nSPS) is 24.0. The van der Waals surface area contributed by atoms with Crippen LogP contribution in [-0.4, -0.2) is 11.4 Å². The first-order chi connectivity index (χ1) is 12.3. The molecule has 2 aromatic rings. The summed E-state index contributed by atoms with van der Waals surface area (Å²) in [5, 5.41) is 2.86. The van der Waals surface area contributed by atoms with Crippen LogP contribution in [0.3, 0.4) is 0 Å². The van der Waals surface area contributed by atoms with Crippen LogP contribution in [0.15, 0.2) is 60.7 Å². The van der Waals surface area contributed by atoms with Crippen molar-refractivity contribution < 1.29 is 4.79 Å². The van der Waals surface area contributed by atoms with Crippen LogP contribution in [0.5, 0.6) is 0 Å². The van der Waals surface area contributed by atoms with E-state index in [4.69, 9.17) is 0 Å². The monoisotopic (exact) mass is 350 g/mol. The van der Waals surface area contributed by atoms with E-state index in [0.717, 1.165) is 19.3 Å². The van der Waals surface area contributed by atoms with E-state index in [1.807, 2.05) is 0 Å². The number of hydrogen-bond acceptors (Lipinski definition) is 1. The summed E-state index contributed by atoms with van der Waals surface area (Å²) >= 11 is 0. The van der Waals surface area contributed by atoms with Crippen LogP contribution in [-0.2, 0) is 4.79 Å². The van der Waals surface area contributed by atoms with Gasteiger partial charge in [0.2, 0.25) is 0 Å². The van der Waals surface area contributed by atoms with E-state index >= 15 is 0 Å². The van der Waals surface area contributed by atoms with Gasteiger partial charge in [0.1, 0.15) is 5.78 Å². The second kappa shape index (κ2) is 7.83. The van der Waals surface area contributed by atoms with Crippen molar-refractivity contribution in [1.82, 2.24) is 0 Å². The molecule has 2 aliphatic carbocycles. The van der Waals surface area contributed by atoms with Gasteiger partial charge in [-0.3, -0.25) is 4.79 Å². The highest BCUT2D eigenvalue weighted by molar-refractivity contribution is 7.73. The second-order valence-corrected chi connectivity index (χ2v) is 9.97. The third-order valence-corrected chi connectivity index (χ3v) is 8.99. The highest BCUT2D eigenvalue weighted by Crippen LogP contribution is 2.51. The number of benzene rings is 2. The summed E-state index contributed by atoms with van der Waals surface area (Å²) in [5.74, 6) is 1.24. The van der Waals surface area contributed by atoms with E-state index in [0.29, 0.717) is 17.4 Å². The van der Waals surface area contributed by atoms with Gasteiger partial charge in [0, 0.05) is 11.8 Å². The number of hydrogen-bond donors (Lipinski definition) is 0. The fourth-order valence-electron chi connectivity index (χ4n) is 4.80. The summed E-state index contributed by atoms with van der Waals surface area (Å²) in [7, 11) is -0.459. The molecule has 0 radical (unpaired) electrons. The molecule has 0 bridgehead atoms. The maximum absolute atomic E-state index is 13.2. The number of carbonyl (C=O) groups excluding carboxylic acids is 1. The van der Waals surface area contributed by atoms with Gasteiger partial charge in [-0.2, -0.15) is 0 Å². The minimum atomic E-state index is -0.459. The summed E-state index contributed by atoms with van der Waals surface area (Å²) in [6.07, 6.45) is 8.30. The number of carbonyl (C=O) groups is 1. The quantitative estimate of drug-likeness (QED) is 0.690. The van der Waals surface area contributed by atoms with Crippen molar-refractivity contribution in [2.75, 3.05) is 0 Å². The summed E-state index contributed by atoms with van der Waals surface area (Å²) in [6, 6.07) is 21.9. The molecule has 2 fully saturated rings. The lowest BCUT2D eigenvalue weighted by Gasteiger charge is -2.30. The van der Waals surface area contributed by atoms with Crippen molar-refractivity contribution >= 4 is 24.3 Å². The number of rotatable bonds is 5. The Bertz CT molecular complexity index is 651. The molecule has 2 atom stereocenters. The van der Waals surface area contributed by atoms with Crippen LogP contribution in [0.2, 0.25) is 0 Å². The molecule has 4 rings (SSSR count). The molecule has 0 spiro atoms. The minimum absolute atomic E-state index is 0.287. The molecule has 2 aliphatic rings. The molecule has 2 aromatic carbocycles. The van der Waals surface area contributed by atoms with Crippen molar-refractivity contribution in [3.8, 4) is 0 Å². The number of ketones is 1. The minimum Gasteiger partial charge on any atom is -0.299 e. The van der Waals surface area contributed by atoms with Gasteiger partial charge in [-0.05, 0) is 49.9 Å². The van der Waals surface area contributed by atoms with Gasteiger partial charge in [-0.15, -0.1) is 0 Å². The molecule has 0 aromatic heterocycles. The van der Waals surface area contributed by atoms with Gasteiger partial charge in [0.15, 0.2) is 0 Å². The molecule has 0 aliphatic heterocycles. The van der Waals surface area contributed by atoms with Gasteiger partial charge < -0.3 is 0 Å². The highest BCUT2D eigenvalue weighted by Gasteiger charge is 2.41. The van der Waals surface area contributed by atoms with Crippen LogP contribution < -0.4 is 10.6 Å². The van der Waals surface area contributed by atoms with E-state index in [-0.39, 0.29) is 5.92 Å². The predicted molar refractivity (Wildman–Crippen MR) is 107 cm³/mol. The Morgan fingerprint density at radius 3 is 1.84 bits per heavy atom. The predicted octanol–water partition coefficient (Wildman–Crippen LogP) is 5.05. The maximum Gasteiger partial charge on any atom is 0.139 e. The smallest absolute Gasteiger partial charge is 0.139 e. The van der Waals surface area contributed by atoms with Crippen LogP contribution in [0.25, 0.3) is 0 Å². The van der Waals surface area contributed by atoms with Crippen molar-refractivity contribution in [1.29, 1.82) is 0 Å². The van der Waals surface area contributed by atoms with Crippen molar-refractivity contribution in [2.45, 2.75) is 50.6 Å². The largest absolute Gasteiger partial charge is 0.299 e. The van der Waals surface area contributed by atoms with Crippen LogP contribution >= 0.6 is 7.92 Å². The molecule has 0 amide bonds. The SMILES string of the molecule is O=C(C1CCCC1)C1CCCC1P(c1ccccc1)c1ccccc1. The molecule has 0 N–H and O–H groups in total. The Kier molecular flexibility index (Phi) is 5.32. The van der Waals surface area contributed by atoms with E-state index in [1.54, 1.807) is 0 Å². The Morgan fingerprint density at radius 1 is 0.720 bits per heavy atom. The molecule has 2 saturated carbocycles. The summed E-state index contributed by atoms with van der Waals surface area (Å²) in [6.45, 7) is 0. The molecular weight excluding hydrogens is 323 g/mol. The molecule has 130 valence electrons. The van der Waals surface area contributed by atoms with Gasteiger partial charge in [0.05, 0.1) is 0 Å². The zero-order chi connectivity index (χ0) is 17.1. The standard InChI is InChI=1S/C23H27OP/c24-23(18-10-7-8-11-18)21-16-9-17-22(21)25(19-12-3-1-4-13-19)20-14-5-2-6-15-20/h1-6,12-15,18,21-22H,7-11,16-17H2. The Balaban J connectivity index is 1.67. The summed E-state index contributed by atoms with van der Waals surface area (Å²) in [5.41, 5.74) is 0.521. The van der Waals surface area contributed by atoms with Gasteiger partial charge in [-0.25, -0.2) is 0 Å². The zero-order valence-corrected chi connectivity index (χ0v) is 15.7. The van der Waals surface area contributed by atoms with Crippen LogP contribution in [0, 0.1) is 11.8 Å². The topological polar surface area (TPSA) is 17.1 Å². The van der Waals surface area contributed by atoms with Crippen LogP contribution in [0.1, 0.15) is 44.9 Å². The first kappa shape index (κ1) is 17.0. The van der Waals surface area contributed by atoms with Crippen molar-refractivity contribution in [2.24, 2.45) is 11.8 Å². The molecule has 25 heavy (non-hydrogen) atoms. The lowest BCUT2D eigenvalue weighted by atomic mass is 9.90. The van der Waals surface area contributed by atoms with E-state index in [2.05, 4.69) is 60.7 Å². The number of Topliss-reactive ketones (excluding diaryl/α,β-unsaturated/α-hetero) is 1. The van der Waals surface area contributed by atoms with E-state index in [1.165, 1.54) is 36.3 Å². The molecule has 2 unspecified atom stereocenters. The lowest BCUT2D eigenvalue weighted by Crippen LogP contribution is -2.32. The van der Waals surface area contributed by atoms with E-state index in [9.17, 15) is 4.79 Å². The third-order valence-electron chi connectivity index (χ3n) is 6.00.